The highest BCUT2D eigenvalue weighted by molar-refractivity contribution is 6.30. The van der Waals surface area contributed by atoms with E-state index in [0.717, 1.165) is 17.9 Å². The normalized spacial score (nSPS) is 27.4. The minimum atomic E-state index is -0.432. The maximum Gasteiger partial charge on any atom is 0.137 e. The Morgan fingerprint density at radius 1 is 1.33 bits per heavy atom. The number of rotatable bonds is 5. The van der Waals surface area contributed by atoms with Gasteiger partial charge in [-0.2, -0.15) is 0 Å². The van der Waals surface area contributed by atoms with E-state index in [0.29, 0.717) is 23.7 Å². The van der Waals surface area contributed by atoms with Crippen LogP contribution in [0.15, 0.2) is 18.2 Å². The summed E-state index contributed by atoms with van der Waals surface area (Å²) in [5.41, 5.74) is 1.00. The molecule has 0 saturated carbocycles. The van der Waals surface area contributed by atoms with Crippen molar-refractivity contribution < 1.29 is 14.7 Å². The number of nitrogens with one attached hydrogen (secondary N) is 1. The van der Waals surface area contributed by atoms with Crippen molar-refractivity contribution in [2.45, 2.75) is 58.2 Å². The Kier molecular flexibility index (Phi) is 5.91. The van der Waals surface area contributed by atoms with Crippen LogP contribution in [-0.2, 0) is 0 Å². The Balaban J connectivity index is 1.85. The molecule has 1 aromatic carbocycles. The maximum atomic E-state index is 10.3. The van der Waals surface area contributed by atoms with Gasteiger partial charge in [0.1, 0.15) is 25.0 Å². The van der Waals surface area contributed by atoms with Gasteiger partial charge in [0.15, 0.2) is 0 Å². The molecule has 21 heavy (non-hydrogen) atoms. The van der Waals surface area contributed by atoms with Gasteiger partial charge in [0.25, 0.3) is 0 Å². The highest BCUT2D eigenvalue weighted by atomic mass is 35.5. The van der Waals surface area contributed by atoms with Crippen LogP contribution in [0, 0.1) is 6.92 Å². The second-order valence-corrected chi connectivity index (χ2v) is 6.82. The predicted octanol–water partition coefficient (Wildman–Crippen LogP) is 2.23. The van der Waals surface area contributed by atoms with Gasteiger partial charge in [0.05, 0.1) is 12.1 Å². The molecule has 1 aliphatic heterocycles. The van der Waals surface area contributed by atoms with Gasteiger partial charge in [-0.3, -0.25) is 0 Å². The topological polar surface area (TPSA) is 33.9 Å². The number of hydrogen-bond donors (Lipinski definition) is 2. The number of benzene rings is 1. The number of quaternary nitrogens is 1. The summed E-state index contributed by atoms with van der Waals surface area (Å²) in [5, 5.41) is 11.0. The molecule has 3 nitrogen and oxygen atoms in total. The largest absolute Gasteiger partial charge is 0.490 e. The lowest BCUT2D eigenvalue weighted by atomic mass is 9.97. The Morgan fingerprint density at radius 3 is 2.62 bits per heavy atom. The molecule has 0 spiro atoms. The summed E-state index contributed by atoms with van der Waals surface area (Å²) >= 11 is 5.93. The van der Waals surface area contributed by atoms with Crippen LogP contribution in [0.5, 0.6) is 5.75 Å². The van der Waals surface area contributed by atoms with Gasteiger partial charge in [-0.1, -0.05) is 11.6 Å². The highest BCUT2D eigenvalue weighted by Gasteiger charge is 2.30. The quantitative estimate of drug-likeness (QED) is 0.874. The van der Waals surface area contributed by atoms with Crippen LogP contribution in [0.2, 0.25) is 5.02 Å². The zero-order valence-corrected chi connectivity index (χ0v) is 14.0. The van der Waals surface area contributed by atoms with E-state index in [4.69, 9.17) is 16.3 Å². The van der Waals surface area contributed by atoms with Gasteiger partial charge in [-0.15, -0.1) is 0 Å². The lowest BCUT2D eigenvalue weighted by Gasteiger charge is -2.36. The fourth-order valence-electron chi connectivity index (χ4n) is 3.28. The molecule has 2 N–H and O–H groups in total. The van der Waals surface area contributed by atoms with E-state index in [1.165, 1.54) is 24.2 Å². The van der Waals surface area contributed by atoms with Crippen LogP contribution in [0.1, 0.15) is 38.7 Å². The minimum Gasteiger partial charge on any atom is -0.490 e. The van der Waals surface area contributed by atoms with Crippen molar-refractivity contribution in [3.8, 4) is 5.75 Å². The van der Waals surface area contributed by atoms with E-state index in [1.807, 2.05) is 25.1 Å². The monoisotopic (exact) mass is 312 g/mol. The van der Waals surface area contributed by atoms with Crippen molar-refractivity contribution in [1.82, 2.24) is 0 Å². The Morgan fingerprint density at radius 2 is 2.00 bits per heavy atom. The number of aliphatic hydroxyl groups is 1. The molecular formula is C17H27ClNO2+. The van der Waals surface area contributed by atoms with Crippen molar-refractivity contribution >= 4 is 11.6 Å². The molecule has 1 aromatic rings. The third-order valence-corrected chi connectivity index (χ3v) is 4.81. The summed E-state index contributed by atoms with van der Waals surface area (Å²) in [5.74, 6) is 0.799. The zero-order valence-electron chi connectivity index (χ0n) is 13.2. The van der Waals surface area contributed by atoms with Crippen molar-refractivity contribution in [3.05, 3.63) is 28.8 Å². The number of ether oxygens (including phenoxy) is 1. The molecule has 4 atom stereocenters. The standard InChI is InChI=1S/C17H26ClNO2/c1-12-9-15(18)7-8-17(12)21-11-16(20)10-19-13(2)5-4-6-14(19)3/h7-9,13-14,16,20H,4-6,10-11H2,1-3H3/p+1/t13-,14+,16-/m1/s1. The van der Waals surface area contributed by atoms with Crippen LogP contribution in [0.25, 0.3) is 0 Å². The number of halogens is 1. The van der Waals surface area contributed by atoms with Gasteiger partial charge in [-0.25, -0.2) is 0 Å². The smallest absolute Gasteiger partial charge is 0.137 e. The van der Waals surface area contributed by atoms with Crippen molar-refractivity contribution in [1.29, 1.82) is 0 Å². The van der Waals surface area contributed by atoms with Gasteiger partial charge in [0, 0.05) is 5.02 Å². The molecule has 1 unspecified atom stereocenters. The summed E-state index contributed by atoms with van der Waals surface area (Å²) in [6.07, 6.45) is 3.38. The molecule has 0 amide bonds. The summed E-state index contributed by atoms with van der Waals surface area (Å²) in [4.78, 5) is 1.50. The van der Waals surface area contributed by atoms with Crippen molar-refractivity contribution in [2.24, 2.45) is 0 Å². The first kappa shape index (κ1) is 16.6. The van der Waals surface area contributed by atoms with Crippen LogP contribution in [-0.4, -0.2) is 36.4 Å². The number of hydrogen-bond acceptors (Lipinski definition) is 2. The maximum absolute atomic E-state index is 10.3. The number of piperidine rings is 1. The van der Waals surface area contributed by atoms with Gasteiger partial charge >= 0.3 is 0 Å². The highest BCUT2D eigenvalue weighted by Crippen LogP contribution is 2.21. The van der Waals surface area contributed by atoms with Crippen LogP contribution in [0.3, 0.4) is 0 Å². The molecule has 0 radical (unpaired) electrons. The summed E-state index contributed by atoms with van der Waals surface area (Å²) in [7, 11) is 0. The zero-order chi connectivity index (χ0) is 15.4. The first-order chi connectivity index (χ1) is 9.97. The summed E-state index contributed by atoms with van der Waals surface area (Å²) in [6, 6.07) is 6.81. The molecule has 1 aliphatic rings. The summed E-state index contributed by atoms with van der Waals surface area (Å²) in [6.45, 7) is 7.62. The SMILES string of the molecule is Cc1cc(Cl)ccc1OC[C@H](O)C[NH+]1[C@H](C)CCC[C@@H]1C. The van der Waals surface area contributed by atoms with Crippen molar-refractivity contribution in [3.63, 3.8) is 0 Å². The van der Waals surface area contributed by atoms with Gasteiger partial charge < -0.3 is 14.7 Å². The lowest BCUT2D eigenvalue weighted by molar-refractivity contribution is -0.954. The molecule has 0 bridgehead atoms. The molecule has 1 heterocycles. The lowest BCUT2D eigenvalue weighted by Crippen LogP contribution is -3.20. The average Bonchev–Trinajstić information content (AvgIpc) is 2.42. The Hall–Kier alpha value is -0.770. The fraction of sp³-hybridized carbons (Fsp3) is 0.647. The van der Waals surface area contributed by atoms with E-state index in [-0.39, 0.29) is 0 Å². The second kappa shape index (κ2) is 7.48. The Labute approximate surface area is 132 Å². The fourth-order valence-corrected chi connectivity index (χ4v) is 3.51. The van der Waals surface area contributed by atoms with E-state index in [9.17, 15) is 5.11 Å². The first-order valence-corrected chi connectivity index (χ1v) is 8.27. The average molecular weight is 313 g/mol. The number of aliphatic hydroxyl groups excluding tert-OH is 1. The molecule has 1 saturated heterocycles. The minimum absolute atomic E-state index is 0.339. The first-order valence-electron chi connectivity index (χ1n) is 7.90. The number of aryl methyl sites for hydroxylation is 1. The van der Waals surface area contributed by atoms with Crippen LogP contribution < -0.4 is 9.64 Å². The molecule has 4 heteroatoms. The Bertz CT molecular complexity index is 456. The van der Waals surface area contributed by atoms with Crippen molar-refractivity contribution in [2.75, 3.05) is 13.2 Å². The van der Waals surface area contributed by atoms with E-state index in [2.05, 4.69) is 13.8 Å². The molecule has 1 fully saturated rings. The van der Waals surface area contributed by atoms with Crippen LogP contribution in [0.4, 0.5) is 0 Å². The molecular weight excluding hydrogens is 286 g/mol. The third-order valence-electron chi connectivity index (χ3n) is 4.58. The molecule has 118 valence electrons. The predicted molar refractivity (Wildman–Crippen MR) is 86.3 cm³/mol. The summed E-state index contributed by atoms with van der Waals surface area (Å²) < 4.78 is 5.74. The van der Waals surface area contributed by atoms with Crippen LogP contribution >= 0.6 is 11.6 Å². The molecule has 0 aromatic heterocycles. The van der Waals surface area contributed by atoms with E-state index in [1.54, 1.807) is 0 Å². The number of likely N-dealkylation sites (tertiary alicyclic amines) is 1. The van der Waals surface area contributed by atoms with Gasteiger partial charge in [0.2, 0.25) is 0 Å². The van der Waals surface area contributed by atoms with Gasteiger partial charge in [-0.05, 0) is 63.8 Å². The van der Waals surface area contributed by atoms with E-state index < -0.39 is 6.10 Å². The third kappa shape index (κ3) is 4.60. The second-order valence-electron chi connectivity index (χ2n) is 6.39. The molecule has 2 rings (SSSR count). The van der Waals surface area contributed by atoms with E-state index >= 15 is 0 Å². The molecule has 0 aliphatic carbocycles.